The Kier molecular flexibility index (Phi) is 5.89. The minimum absolute atomic E-state index is 0.0885. The molecule has 18 heavy (non-hydrogen) atoms. The number of thiophene rings is 1. The molecule has 1 rings (SSSR count). The van der Waals surface area contributed by atoms with Crippen LogP contribution in [0.2, 0.25) is 4.34 Å². The van der Waals surface area contributed by atoms with Gasteiger partial charge >= 0.3 is 12.3 Å². The second-order valence-electron chi connectivity index (χ2n) is 3.63. The Balaban J connectivity index is 3.05. The summed E-state index contributed by atoms with van der Waals surface area (Å²) < 4.78 is 52.6. The van der Waals surface area contributed by atoms with Crippen molar-refractivity contribution < 1.29 is 17.6 Å². The molecule has 1 unspecified atom stereocenters. The van der Waals surface area contributed by atoms with E-state index in [1.165, 1.54) is 6.07 Å². The van der Waals surface area contributed by atoms with Gasteiger partial charge < -0.3 is 5.32 Å². The van der Waals surface area contributed by atoms with Gasteiger partial charge in [0.05, 0.1) is 0 Å². The molecule has 0 aliphatic carbocycles. The van der Waals surface area contributed by atoms with E-state index in [4.69, 9.17) is 11.6 Å². The number of nitrogens with one attached hydrogen (secondary N) is 1. The summed E-state index contributed by atoms with van der Waals surface area (Å²) in [7, 11) is 0. The van der Waals surface area contributed by atoms with E-state index in [2.05, 4.69) is 21.2 Å². The van der Waals surface area contributed by atoms with Crippen LogP contribution in [0.4, 0.5) is 17.6 Å². The quantitative estimate of drug-likeness (QED) is 0.688. The lowest BCUT2D eigenvalue weighted by atomic mass is 10.1. The minimum atomic E-state index is -4.14. The average molecular weight is 369 g/mol. The molecule has 1 nitrogen and oxygen atoms in total. The van der Waals surface area contributed by atoms with Crippen LogP contribution in [0.3, 0.4) is 0 Å². The third kappa shape index (κ3) is 3.59. The first-order chi connectivity index (χ1) is 8.30. The SMILES string of the molecule is CCCNC(c1cc(Br)c(Cl)s1)C(F)(F)C(F)F. The van der Waals surface area contributed by atoms with E-state index in [1.54, 1.807) is 6.92 Å². The van der Waals surface area contributed by atoms with Gasteiger partial charge in [0.1, 0.15) is 10.4 Å². The summed E-state index contributed by atoms with van der Waals surface area (Å²) in [4.78, 5) is 0.0885. The predicted molar refractivity (Wildman–Crippen MR) is 69.0 cm³/mol. The molecule has 0 aliphatic heterocycles. The van der Waals surface area contributed by atoms with E-state index in [1.807, 2.05) is 0 Å². The van der Waals surface area contributed by atoms with Crippen LogP contribution in [-0.2, 0) is 0 Å². The fraction of sp³-hybridized carbons (Fsp3) is 0.600. The van der Waals surface area contributed by atoms with Crippen molar-refractivity contribution >= 4 is 38.9 Å². The molecule has 0 aromatic carbocycles. The van der Waals surface area contributed by atoms with Crippen molar-refractivity contribution in [3.05, 3.63) is 19.8 Å². The molecule has 0 saturated carbocycles. The molecule has 1 N–H and O–H groups in total. The Labute approximate surface area is 120 Å². The fourth-order valence-electron chi connectivity index (χ4n) is 1.35. The summed E-state index contributed by atoms with van der Waals surface area (Å²) >= 11 is 9.68. The first-order valence-electron chi connectivity index (χ1n) is 5.14. The highest BCUT2D eigenvalue weighted by Crippen LogP contribution is 2.43. The molecule has 0 radical (unpaired) electrons. The van der Waals surface area contributed by atoms with Crippen LogP contribution >= 0.6 is 38.9 Å². The third-order valence-electron chi connectivity index (χ3n) is 2.22. The van der Waals surface area contributed by atoms with Crippen molar-refractivity contribution in [3.8, 4) is 0 Å². The molecule has 1 aromatic heterocycles. The molecule has 104 valence electrons. The Morgan fingerprint density at radius 1 is 1.50 bits per heavy atom. The summed E-state index contributed by atoms with van der Waals surface area (Å²) in [5.74, 6) is -4.14. The van der Waals surface area contributed by atoms with Gasteiger partial charge in [0, 0.05) is 9.35 Å². The Hall–Kier alpha value is 0.150. The predicted octanol–water partition coefficient (Wildman–Crippen LogP) is 5.11. The molecule has 0 aliphatic rings. The van der Waals surface area contributed by atoms with Crippen molar-refractivity contribution in [1.29, 1.82) is 0 Å². The van der Waals surface area contributed by atoms with Gasteiger partial charge in [0.2, 0.25) is 0 Å². The third-order valence-corrected chi connectivity index (χ3v) is 4.76. The monoisotopic (exact) mass is 367 g/mol. The Morgan fingerprint density at radius 2 is 2.11 bits per heavy atom. The van der Waals surface area contributed by atoms with Gasteiger partial charge in [-0.2, -0.15) is 8.78 Å². The van der Waals surface area contributed by atoms with E-state index in [0.29, 0.717) is 10.9 Å². The maximum atomic E-state index is 13.5. The van der Waals surface area contributed by atoms with E-state index >= 15 is 0 Å². The van der Waals surface area contributed by atoms with Gasteiger partial charge in [-0.1, -0.05) is 18.5 Å². The van der Waals surface area contributed by atoms with Gasteiger partial charge in [-0.15, -0.1) is 11.3 Å². The van der Waals surface area contributed by atoms with Gasteiger partial charge in [0.25, 0.3) is 0 Å². The lowest BCUT2D eigenvalue weighted by Gasteiger charge is -2.26. The van der Waals surface area contributed by atoms with Crippen LogP contribution in [0, 0.1) is 0 Å². The average Bonchev–Trinajstić information content (AvgIpc) is 2.59. The standard InChI is InChI=1S/C10H11BrClF4NS/c1-2-3-17-7(10(15,16)9(13)14)6-4-5(11)8(12)18-6/h4,7,9,17H,2-3H2,1H3. The number of hydrogen-bond acceptors (Lipinski definition) is 2. The molecule has 0 saturated heterocycles. The maximum absolute atomic E-state index is 13.5. The Morgan fingerprint density at radius 3 is 2.50 bits per heavy atom. The molecule has 0 bridgehead atoms. The van der Waals surface area contributed by atoms with E-state index in [0.717, 1.165) is 11.3 Å². The second-order valence-corrected chi connectivity index (χ2v) is 6.17. The highest BCUT2D eigenvalue weighted by atomic mass is 79.9. The van der Waals surface area contributed by atoms with Crippen LogP contribution in [0.15, 0.2) is 10.5 Å². The lowest BCUT2D eigenvalue weighted by Crippen LogP contribution is -2.42. The zero-order valence-corrected chi connectivity index (χ0v) is 12.5. The summed E-state index contributed by atoms with van der Waals surface area (Å²) in [5.41, 5.74) is 0. The van der Waals surface area contributed by atoms with Crippen LogP contribution in [-0.4, -0.2) is 18.9 Å². The van der Waals surface area contributed by atoms with Crippen molar-refractivity contribution in [1.82, 2.24) is 5.32 Å². The van der Waals surface area contributed by atoms with Gasteiger partial charge in [-0.05, 0) is 35.0 Å². The zero-order chi connectivity index (χ0) is 13.9. The lowest BCUT2D eigenvalue weighted by molar-refractivity contribution is -0.150. The van der Waals surface area contributed by atoms with Crippen molar-refractivity contribution in [3.63, 3.8) is 0 Å². The highest BCUT2D eigenvalue weighted by Gasteiger charge is 2.49. The molecule has 0 amide bonds. The van der Waals surface area contributed by atoms with Gasteiger partial charge in [-0.25, -0.2) is 8.78 Å². The van der Waals surface area contributed by atoms with Crippen LogP contribution < -0.4 is 5.32 Å². The highest BCUT2D eigenvalue weighted by molar-refractivity contribution is 9.10. The number of alkyl halides is 4. The minimum Gasteiger partial charge on any atom is -0.304 e. The van der Waals surface area contributed by atoms with Gasteiger partial charge in [-0.3, -0.25) is 0 Å². The first kappa shape index (κ1) is 16.2. The number of halogens is 6. The molecule has 0 spiro atoms. The molecule has 0 fully saturated rings. The molecule has 1 heterocycles. The van der Waals surface area contributed by atoms with E-state index in [-0.39, 0.29) is 15.8 Å². The van der Waals surface area contributed by atoms with E-state index in [9.17, 15) is 17.6 Å². The molecular weight excluding hydrogens is 358 g/mol. The largest absolute Gasteiger partial charge is 0.327 e. The van der Waals surface area contributed by atoms with Crippen molar-refractivity contribution in [2.45, 2.75) is 31.7 Å². The first-order valence-corrected chi connectivity index (χ1v) is 7.13. The number of hydrogen-bond donors (Lipinski definition) is 1. The molecule has 8 heteroatoms. The summed E-state index contributed by atoms with van der Waals surface area (Å²) in [5, 5.41) is 2.45. The number of rotatable bonds is 6. The molecule has 1 atom stereocenters. The van der Waals surface area contributed by atoms with E-state index < -0.39 is 18.4 Å². The van der Waals surface area contributed by atoms with Crippen LogP contribution in [0.5, 0.6) is 0 Å². The van der Waals surface area contributed by atoms with Crippen molar-refractivity contribution in [2.75, 3.05) is 6.54 Å². The van der Waals surface area contributed by atoms with Gasteiger partial charge in [0.15, 0.2) is 0 Å². The normalized spacial score (nSPS) is 14.2. The smallest absolute Gasteiger partial charge is 0.304 e. The summed E-state index contributed by atoms with van der Waals surface area (Å²) in [6.07, 6.45) is -3.16. The maximum Gasteiger partial charge on any atom is 0.327 e. The fourth-order valence-corrected chi connectivity index (χ4v) is 3.21. The molecule has 1 aromatic rings. The Bertz CT molecular complexity index is 380. The second kappa shape index (κ2) is 6.54. The molecular formula is C10H11BrClF4NS. The van der Waals surface area contributed by atoms with Crippen LogP contribution in [0.1, 0.15) is 24.3 Å². The van der Waals surface area contributed by atoms with Crippen LogP contribution in [0.25, 0.3) is 0 Å². The van der Waals surface area contributed by atoms with Crippen molar-refractivity contribution in [2.24, 2.45) is 0 Å². The topological polar surface area (TPSA) is 12.0 Å². The summed E-state index contributed by atoms with van der Waals surface area (Å²) in [6.45, 7) is 1.99. The zero-order valence-electron chi connectivity index (χ0n) is 9.32. The summed E-state index contributed by atoms with van der Waals surface area (Å²) in [6, 6.07) is -0.386.